The zero-order valence-corrected chi connectivity index (χ0v) is 24.0. The molecular weight excluding hydrogens is 510 g/mol. The minimum Gasteiger partial charge on any atom is -0.507 e. The number of carboxylic acids is 1. The van der Waals surface area contributed by atoms with E-state index in [1.165, 1.54) is 43.9 Å². The molecule has 1 aromatic heterocycles. The Kier molecular flexibility index (Phi) is 9.52. The second-order valence-corrected chi connectivity index (χ2v) is 11.3. The summed E-state index contributed by atoms with van der Waals surface area (Å²) in [5, 5.41) is 19.7. The Labute approximate surface area is 243 Å². The highest BCUT2D eigenvalue weighted by Gasteiger charge is 2.24. The van der Waals surface area contributed by atoms with Crippen molar-refractivity contribution in [3.8, 4) is 28.4 Å². The molecule has 0 bridgehead atoms. The number of hydrogen-bond acceptors (Lipinski definition) is 4. The minimum absolute atomic E-state index is 0.0514. The van der Waals surface area contributed by atoms with E-state index < -0.39 is 5.97 Å². The monoisotopic (exact) mass is 551 g/mol. The first-order chi connectivity index (χ1) is 20.0. The lowest BCUT2D eigenvalue weighted by Gasteiger charge is -2.30. The fourth-order valence-corrected chi connectivity index (χ4v) is 6.08. The summed E-state index contributed by atoms with van der Waals surface area (Å²) < 4.78 is 2.41. The average Bonchev–Trinajstić information content (AvgIpc) is 3.36. The Bertz CT molecular complexity index is 1430. The molecular formula is C35H41N3O3. The van der Waals surface area contributed by atoms with Crippen molar-refractivity contribution in [3.05, 3.63) is 95.7 Å². The largest absolute Gasteiger partial charge is 0.507 e. The van der Waals surface area contributed by atoms with Crippen LogP contribution in [0, 0.1) is 5.92 Å². The highest BCUT2D eigenvalue weighted by Crippen LogP contribution is 2.33. The normalized spacial score (nSPS) is 14.0. The summed E-state index contributed by atoms with van der Waals surface area (Å²) in [6, 6.07) is 25.8. The molecule has 41 heavy (non-hydrogen) atoms. The maximum atomic E-state index is 11.8. The molecule has 0 saturated heterocycles. The molecule has 214 valence electrons. The third-order valence-corrected chi connectivity index (χ3v) is 8.20. The Morgan fingerprint density at radius 3 is 2.27 bits per heavy atom. The van der Waals surface area contributed by atoms with E-state index in [9.17, 15) is 15.0 Å². The number of nitrogens with zero attached hydrogens (tertiary/aromatic N) is 3. The van der Waals surface area contributed by atoms with Crippen LogP contribution >= 0.6 is 0 Å². The van der Waals surface area contributed by atoms with Crippen LogP contribution in [-0.2, 0) is 19.6 Å². The van der Waals surface area contributed by atoms with Gasteiger partial charge in [-0.15, -0.1) is 0 Å². The zero-order valence-electron chi connectivity index (χ0n) is 24.0. The van der Waals surface area contributed by atoms with Gasteiger partial charge in [-0.2, -0.15) is 0 Å². The van der Waals surface area contributed by atoms with E-state index in [2.05, 4.69) is 64.9 Å². The molecule has 1 saturated carbocycles. The maximum Gasteiger partial charge on any atom is 0.339 e. The molecule has 0 atom stereocenters. The molecule has 0 spiro atoms. The highest BCUT2D eigenvalue weighted by atomic mass is 16.4. The topological polar surface area (TPSA) is 78.6 Å². The summed E-state index contributed by atoms with van der Waals surface area (Å²) in [6.45, 7) is 5.35. The van der Waals surface area contributed by atoms with Crippen molar-refractivity contribution in [1.82, 2.24) is 14.5 Å². The van der Waals surface area contributed by atoms with Gasteiger partial charge in [0.2, 0.25) is 0 Å². The van der Waals surface area contributed by atoms with Crippen LogP contribution in [0.15, 0.2) is 78.9 Å². The van der Waals surface area contributed by atoms with Crippen molar-refractivity contribution < 1.29 is 15.0 Å². The number of imidazole rings is 1. The number of benzene rings is 3. The Balaban J connectivity index is 1.58. The molecule has 6 nitrogen and oxygen atoms in total. The number of aromatic nitrogens is 2. The number of carboxylic acid groups (broad SMARTS) is 1. The third kappa shape index (κ3) is 7.06. The van der Waals surface area contributed by atoms with Gasteiger partial charge in [-0.25, -0.2) is 9.78 Å². The van der Waals surface area contributed by atoms with Crippen molar-refractivity contribution in [2.45, 2.75) is 71.5 Å². The summed E-state index contributed by atoms with van der Waals surface area (Å²) in [5.74, 6) is 0.292. The minimum atomic E-state index is -1.11. The molecule has 1 aliphatic carbocycles. The van der Waals surface area contributed by atoms with Gasteiger partial charge >= 0.3 is 5.97 Å². The van der Waals surface area contributed by atoms with Crippen LogP contribution in [-0.4, -0.2) is 37.2 Å². The average molecular weight is 552 g/mol. The molecule has 1 heterocycles. The second kappa shape index (κ2) is 13.6. The van der Waals surface area contributed by atoms with Crippen molar-refractivity contribution in [1.29, 1.82) is 0 Å². The summed E-state index contributed by atoms with van der Waals surface area (Å²) in [4.78, 5) is 19.5. The van der Waals surface area contributed by atoms with Crippen LogP contribution in [0.3, 0.4) is 0 Å². The van der Waals surface area contributed by atoms with E-state index in [0.29, 0.717) is 19.0 Å². The second-order valence-electron chi connectivity index (χ2n) is 11.3. The molecule has 1 aliphatic rings. The van der Waals surface area contributed by atoms with E-state index >= 15 is 0 Å². The van der Waals surface area contributed by atoms with E-state index in [0.717, 1.165) is 54.1 Å². The predicted molar refractivity (Wildman–Crippen MR) is 164 cm³/mol. The van der Waals surface area contributed by atoms with Crippen molar-refractivity contribution in [3.63, 3.8) is 0 Å². The summed E-state index contributed by atoms with van der Waals surface area (Å²) in [5.41, 5.74) is 5.24. The van der Waals surface area contributed by atoms with Gasteiger partial charge in [0.1, 0.15) is 17.1 Å². The molecule has 2 N–H and O–H groups in total. The summed E-state index contributed by atoms with van der Waals surface area (Å²) >= 11 is 0. The third-order valence-electron chi connectivity index (χ3n) is 8.20. The fraction of sp³-hybridized carbons (Fsp3) is 0.371. The number of carbonyl (C=O) groups is 1. The van der Waals surface area contributed by atoms with Crippen LogP contribution in [0.2, 0.25) is 0 Å². The number of hydrogen-bond donors (Lipinski definition) is 2. The van der Waals surface area contributed by atoms with Crippen molar-refractivity contribution in [2.24, 2.45) is 5.92 Å². The predicted octanol–water partition coefficient (Wildman–Crippen LogP) is 8.00. The first-order valence-corrected chi connectivity index (χ1v) is 15.0. The first kappa shape index (κ1) is 28.6. The number of aromatic carboxylic acids is 1. The SMILES string of the molecule is CCCCn1c(-c2ccccc2)nc(-c2ccccc2)c1CN(Cc1ccc(O)c(C(=O)O)c1)CC1CCCCC1. The van der Waals surface area contributed by atoms with Gasteiger partial charge in [0.25, 0.3) is 0 Å². The zero-order chi connectivity index (χ0) is 28.6. The van der Waals surface area contributed by atoms with Crippen LogP contribution < -0.4 is 0 Å². The van der Waals surface area contributed by atoms with Gasteiger partial charge in [-0.05, 0) is 42.9 Å². The van der Waals surface area contributed by atoms with E-state index in [1.54, 1.807) is 6.07 Å². The molecule has 3 aromatic carbocycles. The first-order valence-electron chi connectivity index (χ1n) is 15.0. The van der Waals surface area contributed by atoms with Gasteiger partial charge in [-0.3, -0.25) is 4.90 Å². The molecule has 0 radical (unpaired) electrons. The fourth-order valence-electron chi connectivity index (χ4n) is 6.08. The van der Waals surface area contributed by atoms with Crippen molar-refractivity contribution in [2.75, 3.05) is 6.54 Å². The number of rotatable bonds is 12. The van der Waals surface area contributed by atoms with Gasteiger partial charge in [-0.1, -0.05) is 99.3 Å². The van der Waals surface area contributed by atoms with Gasteiger partial charge < -0.3 is 14.8 Å². The highest BCUT2D eigenvalue weighted by molar-refractivity contribution is 5.90. The van der Waals surface area contributed by atoms with E-state index in [4.69, 9.17) is 4.98 Å². The van der Waals surface area contributed by atoms with E-state index in [-0.39, 0.29) is 11.3 Å². The number of aromatic hydroxyl groups is 1. The van der Waals surface area contributed by atoms with Gasteiger partial charge in [0.15, 0.2) is 0 Å². The number of phenols is 1. The lowest BCUT2D eigenvalue weighted by Crippen LogP contribution is -2.31. The van der Waals surface area contributed by atoms with Gasteiger partial charge in [0.05, 0.1) is 11.4 Å². The molecule has 6 heteroatoms. The summed E-state index contributed by atoms with van der Waals surface area (Å²) in [6.07, 6.45) is 8.43. The quantitative estimate of drug-likeness (QED) is 0.186. The molecule has 5 rings (SSSR count). The van der Waals surface area contributed by atoms with Crippen LogP contribution in [0.5, 0.6) is 5.75 Å². The molecule has 0 unspecified atom stereocenters. The smallest absolute Gasteiger partial charge is 0.339 e. The maximum absolute atomic E-state index is 11.8. The van der Waals surface area contributed by atoms with E-state index in [1.807, 2.05) is 18.2 Å². The lowest BCUT2D eigenvalue weighted by molar-refractivity contribution is 0.0693. The van der Waals surface area contributed by atoms with Crippen LogP contribution in [0.25, 0.3) is 22.6 Å². The molecule has 0 amide bonds. The Hall–Kier alpha value is -3.90. The lowest BCUT2D eigenvalue weighted by atomic mass is 9.88. The molecule has 0 aliphatic heterocycles. The van der Waals surface area contributed by atoms with Crippen molar-refractivity contribution >= 4 is 5.97 Å². The molecule has 1 fully saturated rings. The molecule has 4 aromatic rings. The Morgan fingerprint density at radius 1 is 0.927 bits per heavy atom. The van der Waals surface area contributed by atoms with Crippen LogP contribution in [0.4, 0.5) is 0 Å². The van der Waals surface area contributed by atoms with Crippen LogP contribution in [0.1, 0.15) is 73.5 Å². The van der Waals surface area contributed by atoms with Gasteiger partial charge in [0, 0.05) is 37.3 Å². The standard InChI is InChI=1S/C35H41N3O3/c1-2-3-21-38-31(33(28-15-9-5-10-16-28)36-34(38)29-17-11-6-12-18-29)25-37(23-26-13-7-4-8-14-26)24-27-19-20-32(39)30(22-27)35(40)41/h5-6,9-12,15-20,22,26,39H,2-4,7-8,13-14,21,23-25H2,1H3,(H,40,41). The summed E-state index contributed by atoms with van der Waals surface area (Å²) in [7, 11) is 0. The number of unbranched alkanes of at least 4 members (excludes halogenated alkanes) is 1. The Morgan fingerprint density at radius 2 is 1.61 bits per heavy atom.